The zero-order valence-electron chi connectivity index (χ0n) is 11.9. The Hall–Kier alpha value is -0.580. The number of amides is 1. The van der Waals surface area contributed by atoms with Crippen molar-refractivity contribution in [2.24, 2.45) is 11.7 Å². The van der Waals surface area contributed by atoms with Crippen LogP contribution in [-0.2, 0) is 12.8 Å². The van der Waals surface area contributed by atoms with Crippen LogP contribution in [0.15, 0.2) is 6.07 Å². The number of fused-ring (bicyclic) bond motifs is 1. The quantitative estimate of drug-likeness (QED) is 0.866. The van der Waals surface area contributed by atoms with E-state index < -0.39 is 0 Å². The van der Waals surface area contributed by atoms with Gasteiger partial charge in [-0.1, -0.05) is 6.92 Å². The van der Waals surface area contributed by atoms with Gasteiger partial charge in [0.1, 0.15) is 0 Å². The summed E-state index contributed by atoms with van der Waals surface area (Å²) in [4.78, 5) is 16.9. The predicted molar refractivity (Wildman–Crippen MR) is 85.9 cm³/mol. The van der Waals surface area contributed by atoms with Crippen LogP contribution in [0.3, 0.4) is 0 Å². The minimum atomic E-state index is 0. The summed E-state index contributed by atoms with van der Waals surface area (Å²) in [7, 11) is 0. The molecule has 1 aromatic heterocycles. The number of nitrogens with two attached hydrogens (primary N) is 1. The van der Waals surface area contributed by atoms with Crippen molar-refractivity contribution in [2.75, 3.05) is 13.1 Å². The van der Waals surface area contributed by atoms with E-state index >= 15 is 0 Å². The highest BCUT2D eigenvalue weighted by atomic mass is 35.5. The average Bonchev–Trinajstić information content (AvgIpc) is 2.81. The molecule has 0 bridgehead atoms. The fraction of sp³-hybridized carbons (Fsp3) is 0.667. The van der Waals surface area contributed by atoms with E-state index in [4.69, 9.17) is 5.73 Å². The van der Waals surface area contributed by atoms with Crippen LogP contribution in [0, 0.1) is 5.92 Å². The number of halogens is 1. The molecule has 1 unspecified atom stereocenters. The number of rotatable bonds is 1. The first kappa shape index (κ1) is 15.8. The number of hydrogen-bond acceptors (Lipinski definition) is 3. The maximum absolute atomic E-state index is 12.5. The summed E-state index contributed by atoms with van der Waals surface area (Å²) in [5.74, 6) is 0.983. The van der Waals surface area contributed by atoms with Gasteiger partial charge in [-0.15, -0.1) is 23.7 Å². The lowest BCUT2D eigenvalue weighted by Gasteiger charge is -2.29. The average molecular weight is 315 g/mol. The maximum atomic E-state index is 12.5. The van der Waals surface area contributed by atoms with Crippen molar-refractivity contribution in [3.05, 3.63) is 21.4 Å². The number of nitrogens with zero attached hydrogens (tertiary/aromatic N) is 1. The Morgan fingerprint density at radius 2 is 2.05 bits per heavy atom. The van der Waals surface area contributed by atoms with Crippen molar-refractivity contribution in [3.8, 4) is 0 Å². The molecule has 0 radical (unpaired) electrons. The molecule has 1 saturated heterocycles. The Morgan fingerprint density at radius 1 is 1.35 bits per heavy atom. The largest absolute Gasteiger partial charge is 0.338 e. The molecule has 2 heterocycles. The number of aryl methyl sites for hydroxylation is 1. The molecule has 2 N–H and O–H groups in total. The van der Waals surface area contributed by atoms with Crippen molar-refractivity contribution in [2.45, 2.75) is 45.1 Å². The third-order valence-electron chi connectivity index (χ3n) is 4.37. The first-order valence-electron chi connectivity index (χ1n) is 7.30. The van der Waals surface area contributed by atoms with Crippen LogP contribution in [0.25, 0.3) is 0 Å². The second-order valence-electron chi connectivity index (χ2n) is 6.04. The molecule has 0 spiro atoms. The summed E-state index contributed by atoms with van der Waals surface area (Å²) < 4.78 is 0. The lowest BCUT2D eigenvalue weighted by atomic mass is 9.90. The van der Waals surface area contributed by atoms with Gasteiger partial charge in [0, 0.05) is 24.0 Å². The normalized spacial score (nSPS) is 23.1. The van der Waals surface area contributed by atoms with Gasteiger partial charge in [0.05, 0.1) is 4.88 Å². The lowest BCUT2D eigenvalue weighted by Crippen LogP contribution is -2.42. The zero-order valence-corrected chi connectivity index (χ0v) is 13.6. The minimum absolute atomic E-state index is 0. The fourth-order valence-corrected chi connectivity index (χ4v) is 4.25. The van der Waals surface area contributed by atoms with Crippen LogP contribution in [-0.4, -0.2) is 29.9 Å². The van der Waals surface area contributed by atoms with Crippen LogP contribution in [0.2, 0.25) is 0 Å². The highest BCUT2D eigenvalue weighted by Crippen LogP contribution is 2.33. The summed E-state index contributed by atoms with van der Waals surface area (Å²) in [5.41, 5.74) is 7.31. The van der Waals surface area contributed by atoms with Gasteiger partial charge in [0.15, 0.2) is 0 Å². The van der Waals surface area contributed by atoms with Gasteiger partial charge < -0.3 is 10.6 Å². The van der Waals surface area contributed by atoms with Crippen LogP contribution in [0.4, 0.5) is 0 Å². The van der Waals surface area contributed by atoms with Crippen LogP contribution >= 0.6 is 23.7 Å². The SMILES string of the molecule is CC1CCc2sc(C(=O)N3CCC(N)CC3)cc2C1.Cl. The van der Waals surface area contributed by atoms with E-state index in [1.165, 1.54) is 16.9 Å². The molecule has 0 aromatic carbocycles. The first-order chi connectivity index (χ1) is 9.13. The molecule has 1 aliphatic heterocycles. The molecular weight excluding hydrogens is 292 g/mol. The summed E-state index contributed by atoms with van der Waals surface area (Å²) >= 11 is 1.72. The predicted octanol–water partition coefficient (Wildman–Crippen LogP) is 2.86. The third kappa shape index (κ3) is 3.18. The molecule has 1 aromatic rings. The molecule has 3 nitrogen and oxygen atoms in total. The topological polar surface area (TPSA) is 46.3 Å². The van der Waals surface area contributed by atoms with Crippen molar-refractivity contribution < 1.29 is 4.79 Å². The van der Waals surface area contributed by atoms with Crippen molar-refractivity contribution in [1.82, 2.24) is 4.90 Å². The molecule has 0 saturated carbocycles. The smallest absolute Gasteiger partial charge is 0.263 e. The molecule has 5 heteroatoms. The summed E-state index contributed by atoms with van der Waals surface area (Å²) in [6, 6.07) is 2.42. The maximum Gasteiger partial charge on any atom is 0.263 e. The number of likely N-dealkylation sites (tertiary alicyclic amines) is 1. The van der Waals surface area contributed by atoms with Crippen molar-refractivity contribution in [3.63, 3.8) is 0 Å². The molecule has 1 atom stereocenters. The molecule has 112 valence electrons. The van der Waals surface area contributed by atoms with Gasteiger partial charge >= 0.3 is 0 Å². The van der Waals surface area contributed by atoms with Crippen LogP contribution in [0.5, 0.6) is 0 Å². The van der Waals surface area contributed by atoms with Gasteiger partial charge in [0.2, 0.25) is 0 Å². The first-order valence-corrected chi connectivity index (χ1v) is 8.11. The van der Waals surface area contributed by atoms with Gasteiger partial charge in [-0.05, 0) is 49.7 Å². The Balaban J connectivity index is 0.00000147. The summed E-state index contributed by atoms with van der Waals surface area (Å²) in [6.45, 7) is 3.94. The van der Waals surface area contributed by atoms with Crippen molar-refractivity contribution >= 4 is 29.7 Å². The van der Waals surface area contributed by atoms with E-state index in [-0.39, 0.29) is 24.4 Å². The molecule has 1 aliphatic carbocycles. The zero-order chi connectivity index (χ0) is 13.4. The van der Waals surface area contributed by atoms with E-state index in [0.717, 1.165) is 49.6 Å². The third-order valence-corrected chi connectivity index (χ3v) is 5.59. The van der Waals surface area contributed by atoms with E-state index in [2.05, 4.69) is 13.0 Å². The van der Waals surface area contributed by atoms with E-state index in [1.807, 2.05) is 4.90 Å². The molecule has 2 aliphatic rings. The Morgan fingerprint density at radius 3 is 2.75 bits per heavy atom. The summed E-state index contributed by atoms with van der Waals surface area (Å²) in [5, 5.41) is 0. The Labute approximate surface area is 130 Å². The highest BCUT2D eigenvalue weighted by molar-refractivity contribution is 7.14. The van der Waals surface area contributed by atoms with Crippen LogP contribution < -0.4 is 5.73 Å². The van der Waals surface area contributed by atoms with Gasteiger partial charge in [-0.3, -0.25) is 4.79 Å². The van der Waals surface area contributed by atoms with Gasteiger partial charge in [-0.25, -0.2) is 0 Å². The highest BCUT2D eigenvalue weighted by Gasteiger charge is 2.25. The minimum Gasteiger partial charge on any atom is -0.338 e. The van der Waals surface area contributed by atoms with Gasteiger partial charge in [-0.2, -0.15) is 0 Å². The fourth-order valence-electron chi connectivity index (χ4n) is 3.07. The van der Waals surface area contributed by atoms with Crippen molar-refractivity contribution in [1.29, 1.82) is 0 Å². The van der Waals surface area contributed by atoms with Crippen LogP contribution in [0.1, 0.15) is 46.3 Å². The second kappa shape index (κ2) is 6.46. The monoisotopic (exact) mass is 314 g/mol. The second-order valence-corrected chi connectivity index (χ2v) is 7.17. The number of piperidine rings is 1. The molecule has 3 rings (SSSR count). The lowest BCUT2D eigenvalue weighted by molar-refractivity contribution is 0.0719. The standard InChI is InChI=1S/C15H22N2OS.ClH/c1-10-2-3-13-11(8-10)9-14(19-13)15(18)17-6-4-12(16)5-7-17;/h9-10,12H,2-8,16H2,1H3;1H. The Kier molecular flexibility index (Phi) is 5.10. The number of carbonyl (C=O) groups excluding carboxylic acids is 1. The summed E-state index contributed by atoms with van der Waals surface area (Å²) in [6.07, 6.45) is 5.44. The number of thiophene rings is 1. The Bertz CT molecular complexity index is 480. The molecule has 1 fully saturated rings. The number of hydrogen-bond donors (Lipinski definition) is 1. The van der Waals surface area contributed by atoms with Gasteiger partial charge in [0.25, 0.3) is 5.91 Å². The molecule has 1 amide bonds. The number of carbonyl (C=O) groups is 1. The molecular formula is C15H23ClN2OS. The van der Waals surface area contributed by atoms with E-state index in [1.54, 1.807) is 11.3 Å². The molecule has 20 heavy (non-hydrogen) atoms. The van der Waals surface area contributed by atoms with E-state index in [0.29, 0.717) is 0 Å². The van der Waals surface area contributed by atoms with E-state index in [9.17, 15) is 4.79 Å².